The van der Waals surface area contributed by atoms with Gasteiger partial charge in [-0.15, -0.1) is 0 Å². The van der Waals surface area contributed by atoms with Gasteiger partial charge in [0.1, 0.15) is 5.60 Å². The maximum absolute atomic E-state index is 9.84. The van der Waals surface area contributed by atoms with E-state index in [1.165, 1.54) is 0 Å². The zero-order valence-electron chi connectivity index (χ0n) is 6.38. The van der Waals surface area contributed by atoms with Crippen LogP contribution in [0.5, 0.6) is 0 Å². The number of hydrogen-bond donors (Lipinski definition) is 2. The van der Waals surface area contributed by atoms with E-state index >= 15 is 0 Å². The molecule has 0 bridgehead atoms. The molecule has 2 aliphatic heterocycles. The Balaban J connectivity index is 2.11. The number of aliphatic hydroxyl groups is 1. The van der Waals surface area contributed by atoms with Crippen LogP contribution in [0.25, 0.3) is 0 Å². The summed E-state index contributed by atoms with van der Waals surface area (Å²) in [5.74, 6) is 0. The SMILES string of the molecule is NC1(C2(O)COC2)CCOC1. The lowest BCUT2D eigenvalue weighted by molar-refractivity contribution is -0.213. The molecule has 11 heavy (non-hydrogen) atoms. The van der Waals surface area contributed by atoms with E-state index < -0.39 is 11.1 Å². The third-order valence-electron chi connectivity index (χ3n) is 2.66. The summed E-state index contributed by atoms with van der Waals surface area (Å²) < 4.78 is 10.1. The molecule has 2 aliphatic rings. The summed E-state index contributed by atoms with van der Waals surface area (Å²) in [6.45, 7) is 1.81. The largest absolute Gasteiger partial charge is 0.383 e. The van der Waals surface area contributed by atoms with E-state index in [0.29, 0.717) is 26.4 Å². The van der Waals surface area contributed by atoms with Gasteiger partial charge in [-0.3, -0.25) is 0 Å². The number of rotatable bonds is 1. The van der Waals surface area contributed by atoms with Gasteiger partial charge in [0.05, 0.1) is 25.4 Å². The normalized spacial score (nSPS) is 42.0. The van der Waals surface area contributed by atoms with Crippen LogP contribution in [-0.4, -0.2) is 42.7 Å². The zero-order chi connectivity index (χ0) is 7.95. The average molecular weight is 159 g/mol. The molecule has 0 spiro atoms. The highest BCUT2D eigenvalue weighted by atomic mass is 16.5. The predicted molar refractivity (Wildman–Crippen MR) is 38.1 cm³/mol. The summed E-state index contributed by atoms with van der Waals surface area (Å²) in [5, 5.41) is 9.84. The molecule has 0 aromatic rings. The van der Waals surface area contributed by atoms with Crippen molar-refractivity contribution in [3.8, 4) is 0 Å². The van der Waals surface area contributed by atoms with Crippen molar-refractivity contribution in [2.45, 2.75) is 17.6 Å². The van der Waals surface area contributed by atoms with Gasteiger partial charge >= 0.3 is 0 Å². The molecule has 0 saturated carbocycles. The molecule has 2 saturated heterocycles. The molecule has 0 radical (unpaired) electrons. The summed E-state index contributed by atoms with van der Waals surface area (Å²) in [6.07, 6.45) is 0.729. The molecular formula is C7H13NO3. The molecule has 3 N–H and O–H groups in total. The lowest BCUT2D eigenvalue weighted by Gasteiger charge is -2.47. The van der Waals surface area contributed by atoms with Gasteiger partial charge in [0.15, 0.2) is 0 Å². The van der Waals surface area contributed by atoms with Crippen molar-refractivity contribution in [1.29, 1.82) is 0 Å². The standard InChI is InChI=1S/C7H13NO3/c8-6(1-2-10-3-6)7(9)4-11-5-7/h9H,1-5,8H2. The van der Waals surface area contributed by atoms with Crippen molar-refractivity contribution in [3.05, 3.63) is 0 Å². The first-order valence-corrected chi connectivity index (χ1v) is 3.83. The van der Waals surface area contributed by atoms with Crippen molar-refractivity contribution < 1.29 is 14.6 Å². The first-order valence-electron chi connectivity index (χ1n) is 3.83. The molecule has 1 unspecified atom stereocenters. The third-order valence-corrected chi connectivity index (χ3v) is 2.66. The smallest absolute Gasteiger partial charge is 0.131 e. The van der Waals surface area contributed by atoms with Crippen LogP contribution in [0.3, 0.4) is 0 Å². The van der Waals surface area contributed by atoms with Crippen molar-refractivity contribution in [3.63, 3.8) is 0 Å². The van der Waals surface area contributed by atoms with Gasteiger partial charge in [-0.05, 0) is 6.42 Å². The Labute approximate surface area is 65.3 Å². The molecule has 2 rings (SSSR count). The van der Waals surface area contributed by atoms with Gasteiger partial charge in [-0.25, -0.2) is 0 Å². The van der Waals surface area contributed by atoms with Crippen LogP contribution < -0.4 is 5.73 Å². The summed E-state index contributed by atoms with van der Waals surface area (Å²) in [4.78, 5) is 0. The Morgan fingerprint density at radius 1 is 1.18 bits per heavy atom. The molecule has 0 aliphatic carbocycles. The molecule has 0 amide bonds. The lowest BCUT2D eigenvalue weighted by atomic mass is 9.78. The van der Waals surface area contributed by atoms with Crippen LogP contribution in [0.4, 0.5) is 0 Å². The second-order valence-corrected chi connectivity index (χ2v) is 3.48. The Morgan fingerprint density at radius 3 is 2.27 bits per heavy atom. The van der Waals surface area contributed by atoms with Crippen LogP contribution in [0, 0.1) is 0 Å². The van der Waals surface area contributed by atoms with E-state index in [2.05, 4.69) is 0 Å². The fourth-order valence-corrected chi connectivity index (χ4v) is 1.53. The minimum Gasteiger partial charge on any atom is -0.383 e. The molecule has 1 atom stereocenters. The van der Waals surface area contributed by atoms with E-state index in [1.54, 1.807) is 0 Å². The van der Waals surface area contributed by atoms with Gasteiger partial charge in [-0.1, -0.05) is 0 Å². The van der Waals surface area contributed by atoms with Gasteiger partial charge in [-0.2, -0.15) is 0 Å². The molecule has 64 valence electrons. The molecule has 0 aromatic heterocycles. The van der Waals surface area contributed by atoms with E-state index in [9.17, 15) is 5.11 Å². The topological polar surface area (TPSA) is 64.7 Å². The van der Waals surface area contributed by atoms with Crippen molar-refractivity contribution in [2.75, 3.05) is 26.4 Å². The quantitative estimate of drug-likeness (QED) is 0.508. The Bertz CT molecular complexity index is 161. The summed E-state index contributed by atoms with van der Waals surface area (Å²) >= 11 is 0. The van der Waals surface area contributed by atoms with E-state index in [1.807, 2.05) is 0 Å². The van der Waals surface area contributed by atoms with Crippen LogP contribution in [-0.2, 0) is 9.47 Å². The Hall–Kier alpha value is -0.160. The molecule has 2 heterocycles. The van der Waals surface area contributed by atoms with Gasteiger partial charge in [0.2, 0.25) is 0 Å². The second-order valence-electron chi connectivity index (χ2n) is 3.48. The summed E-state index contributed by atoms with van der Waals surface area (Å²) in [5.41, 5.74) is 4.55. The Morgan fingerprint density at radius 2 is 1.91 bits per heavy atom. The summed E-state index contributed by atoms with van der Waals surface area (Å²) in [7, 11) is 0. The number of nitrogens with two attached hydrogens (primary N) is 1. The fraction of sp³-hybridized carbons (Fsp3) is 1.00. The minimum absolute atomic E-state index is 0.354. The maximum atomic E-state index is 9.84. The van der Waals surface area contributed by atoms with Crippen molar-refractivity contribution in [2.24, 2.45) is 5.73 Å². The maximum Gasteiger partial charge on any atom is 0.131 e. The van der Waals surface area contributed by atoms with Crippen LogP contribution in [0.2, 0.25) is 0 Å². The van der Waals surface area contributed by atoms with E-state index in [-0.39, 0.29) is 0 Å². The highest BCUT2D eigenvalue weighted by Gasteiger charge is 2.54. The highest BCUT2D eigenvalue weighted by molar-refractivity contribution is 5.09. The predicted octanol–water partition coefficient (Wildman–Crippen LogP) is -1.13. The van der Waals surface area contributed by atoms with Gasteiger partial charge in [0.25, 0.3) is 0 Å². The summed E-state index contributed by atoms with van der Waals surface area (Å²) in [6, 6.07) is 0. The van der Waals surface area contributed by atoms with Gasteiger partial charge < -0.3 is 20.3 Å². The highest BCUT2D eigenvalue weighted by Crippen LogP contribution is 2.33. The second kappa shape index (κ2) is 2.17. The van der Waals surface area contributed by atoms with Crippen LogP contribution in [0.15, 0.2) is 0 Å². The van der Waals surface area contributed by atoms with Crippen LogP contribution in [0.1, 0.15) is 6.42 Å². The lowest BCUT2D eigenvalue weighted by Crippen LogP contribution is -2.70. The fourth-order valence-electron chi connectivity index (χ4n) is 1.53. The zero-order valence-corrected chi connectivity index (χ0v) is 6.38. The van der Waals surface area contributed by atoms with Crippen LogP contribution >= 0.6 is 0 Å². The first kappa shape index (κ1) is 7.49. The minimum atomic E-state index is -0.830. The van der Waals surface area contributed by atoms with Crippen molar-refractivity contribution in [1.82, 2.24) is 0 Å². The molecule has 4 nitrogen and oxygen atoms in total. The average Bonchev–Trinajstić information content (AvgIpc) is 2.32. The number of hydrogen-bond acceptors (Lipinski definition) is 4. The number of ether oxygens (including phenoxy) is 2. The molecular weight excluding hydrogens is 146 g/mol. The van der Waals surface area contributed by atoms with Crippen molar-refractivity contribution >= 4 is 0 Å². The Kier molecular flexibility index (Phi) is 1.47. The first-order chi connectivity index (χ1) is 5.16. The molecule has 2 fully saturated rings. The molecule has 0 aromatic carbocycles. The third kappa shape index (κ3) is 0.906. The van der Waals surface area contributed by atoms with E-state index in [4.69, 9.17) is 15.2 Å². The van der Waals surface area contributed by atoms with Gasteiger partial charge in [0, 0.05) is 6.61 Å². The molecule has 4 heteroatoms. The monoisotopic (exact) mass is 159 g/mol. The van der Waals surface area contributed by atoms with E-state index in [0.717, 1.165) is 6.42 Å².